The first-order valence-electron chi connectivity index (χ1n) is 9.95. The van der Waals surface area contributed by atoms with Crippen molar-refractivity contribution in [3.05, 3.63) is 35.4 Å². The van der Waals surface area contributed by atoms with Gasteiger partial charge in [-0.1, -0.05) is 0 Å². The van der Waals surface area contributed by atoms with Gasteiger partial charge in [-0.2, -0.15) is 15.8 Å². The van der Waals surface area contributed by atoms with Crippen LogP contribution in [-0.4, -0.2) is 39.1 Å². The molecule has 1 saturated carbocycles. The first kappa shape index (κ1) is 21.4. The maximum absolute atomic E-state index is 10.2. The standard InChI is InChI=1S/C23H25N5O2/c1-14(2)28-8-7-16-18(10-24)22(27)23(12-25,13-26)21(19(16)11-28)17-9-15(29-3)5-6-20(17)30-4/h5-7,9,14,18-19,21,27H,8,11H2,1-4H3/p+1/t18?,19-,21+/m0/s1. The lowest BCUT2D eigenvalue weighted by atomic mass is 9.54. The van der Waals surface area contributed by atoms with Crippen molar-refractivity contribution in [3.63, 3.8) is 0 Å². The Hall–Kier alpha value is -3.34. The monoisotopic (exact) mass is 404 g/mol. The van der Waals surface area contributed by atoms with Crippen LogP contribution in [0.4, 0.5) is 0 Å². The van der Waals surface area contributed by atoms with E-state index in [-0.39, 0.29) is 11.6 Å². The van der Waals surface area contributed by atoms with Crippen LogP contribution in [0.3, 0.4) is 0 Å². The van der Waals surface area contributed by atoms with Gasteiger partial charge in [0.25, 0.3) is 0 Å². The van der Waals surface area contributed by atoms with E-state index in [1.807, 2.05) is 6.08 Å². The van der Waals surface area contributed by atoms with Crippen molar-refractivity contribution in [2.75, 3.05) is 27.3 Å². The Kier molecular flexibility index (Phi) is 5.83. The Morgan fingerprint density at radius 3 is 2.40 bits per heavy atom. The van der Waals surface area contributed by atoms with Crippen LogP contribution in [0, 0.1) is 56.7 Å². The number of rotatable bonds is 4. The van der Waals surface area contributed by atoms with Crippen molar-refractivity contribution in [1.82, 2.24) is 0 Å². The van der Waals surface area contributed by atoms with Crippen LogP contribution in [0.1, 0.15) is 25.3 Å². The number of nitrogens with zero attached hydrogens (tertiary/aromatic N) is 3. The van der Waals surface area contributed by atoms with Crippen LogP contribution in [0.5, 0.6) is 11.5 Å². The van der Waals surface area contributed by atoms with E-state index in [0.717, 1.165) is 12.1 Å². The van der Waals surface area contributed by atoms with E-state index in [4.69, 9.17) is 14.9 Å². The molecule has 154 valence electrons. The summed E-state index contributed by atoms with van der Waals surface area (Å²) in [5.41, 5.74) is -0.424. The smallest absolute Gasteiger partial charge is 0.190 e. The summed E-state index contributed by atoms with van der Waals surface area (Å²) >= 11 is 0. The Morgan fingerprint density at radius 1 is 1.17 bits per heavy atom. The second kappa shape index (κ2) is 8.19. The van der Waals surface area contributed by atoms with Crippen molar-refractivity contribution in [1.29, 1.82) is 21.2 Å². The molecule has 0 bridgehead atoms. The summed E-state index contributed by atoms with van der Waals surface area (Å²) in [6, 6.07) is 12.1. The summed E-state index contributed by atoms with van der Waals surface area (Å²) in [6.07, 6.45) is 2.03. The first-order valence-corrected chi connectivity index (χ1v) is 9.95. The van der Waals surface area contributed by atoms with Gasteiger partial charge in [-0.3, -0.25) is 0 Å². The molecule has 1 aliphatic heterocycles. The number of hydrogen-bond donors (Lipinski definition) is 2. The van der Waals surface area contributed by atoms with Crippen LogP contribution < -0.4 is 14.4 Å². The van der Waals surface area contributed by atoms with Crippen LogP contribution in [0.25, 0.3) is 0 Å². The van der Waals surface area contributed by atoms with Crippen molar-refractivity contribution < 1.29 is 14.4 Å². The minimum absolute atomic E-state index is 0.152. The maximum Gasteiger partial charge on any atom is 0.190 e. The van der Waals surface area contributed by atoms with Gasteiger partial charge in [0.2, 0.25) is 0 Å². The van der Waals surface area contributed by atoms with Crippen LogP contribution in [0.2, 0.25) is 0 Å². The second-order valence-electron chi connectivity index (χ2n) is 8.12. The van der Waals surface area contributed by atoms with Crippen LogP contribution in [-0.2, 0) is 0 Å². The lowest BCUT2D eigenvalue weighted by Gasteiger charge is -2.47. The Balaban J connectivity index is 2.32. The average Bonchev–Trinajstić information content (AvgIpc) is 2.77. The van der Waals surface area contributed by atoms with Gasteiger partial charge < -0.3 is 19.8 Å². The first-order chi connectivity index (χ1) is 14.4. The number of quaternary nitrogens is 1. The predicted octanol–water partition coefficient (Wildman–Crippen LogP) is 1.84. The molecule has 1 fully saturated rings. The molecule has 3 rings (SSSR count). The number of benzene rings is 1. The molecule has 1 heterocycles. The fraction of sp³-hybridized carbons (Fsp3) is 0.478. The van der Waals surface area contributed by atoms with Gasteiger partial charge in [-0.25, -0.2) is 0 Å². The van der Waals surface area contributed by atoms with Gasteiger partial charge >= 0.3 is 0 Å². The highest BCUT2D eigenvalue weighted by atomic mass is 16.5. The number of nitrogens with one attached hydrogen (secondary N) is 2. The molecule has 1 aromatic carbocycles. The third-order valence-corrected chi connectivity index (χ3v) is 6.50. The minimum Gasteiger partial charge on any atom is -0.497 e. The zero-order valence-electron chi connectivity index (χ0n) is 17.7. The normalized spacial score (nSPS) is 27.1. The molecule has 2 unspecified atom stereocenters. The van der Waals surface area contributed by atoms with E-state index in [1.165, 1.54) is 4.90 Å². The fourth-order valence-electron chi connectivity index (χ4n) is 4.82. The van der Waals surface area contributed by atoms with E-state index in [2.05, 4.69) is 32.1 Å². The van der Waals surface area contributed by atoms with Gasteiger partial charge in [0.05, 0.1) is 57.3 Å². The highest BCUT2D eigenvalue weighted by Gasteiger charge is 2.59. The van der Waals surface area contributed by atoms with E-state index in [1.54, 1.807) is 32.4 Å². The molecule has 0 radical (unpaired) electrons. The molecule has 0 saturated heterocycles. The van der Waals surface area contributed by atoms with Gasteiger partial charge in [0.1, 0.15) is 17.4 Å². The Bertz CT molecular complexity index is 994. The second-order valence-corrected chi connectivity index (χ2v) is 8.12. The summed E-state index contributed by atoms with van der Waals surface area (Å²) in [5, 5.41) is 38.9. The topological polar surface area (TPSA) is 118 Å². The Morgan fingerprint density at radius 2 is 1.87 bits per heavy atom. The Labute approximate surface area is 177 Å². The van der Waals surface area contributed by atoms with E-state index >= 15 is 0 Å². The fourth-order valence-corrected chi connectivity index (χ4v) is 4.82. The lowest BCUT2D eigenvalue weighted by molar-refractivity contribution is -0.920. The quantitative estimate of drug-likeness (QED) is 0.743. The SMILES string of the molecule is COc1ccc(OC)c([C@@H]2[C@H]3C[NH+](C(C)C)CC=C3C(C#N)C(=N)C2(C#N)C#N)c1. The van der Waals surface area contributed by atoms with Crippen molar-refractivity contribution in [3.8, 4) is 29.7 Å². The van der Waals surface area contributed by atoms with Gasteiger partial charge in [0, 0.05) is 17.4 Å². The molecule has 0 aromatic heterocycles. The van der Waals surface area contributed by atoms with E-state index in [9.17, 15) is 15.8 Å². The van der Waals surface area contributed by atoms with Crippen molar-refractivity contribution in [2.24, 2.45) is 17.3 Å². The summed E-state index contributed by atoms with van der Waals surface area (Å²) < 4.78 is 11.0. The van der Waals surface area contributed by atoms with Crippen LogP contribution in [0.15, 0.2) is 29.8 Å². The zero-order valence-corrected chi connectivity index (χ0v) is 17.7. The third kappa shape index (κ3) is 3.11. The molecule has 0 amide bonds. The molecule has 1 aliphatic carbocycles. The third-order valence-electron chi connectivity index (χ3n) is 6.50. The molecule has 2 aliphatic rings. The average molecular weight is 404 g/mol. The van der Waals surface area contributed by atoms with Crippen molar-refractivity contribution in [2.45, 2.75) is 25.8 Å². The number of hydrogen-bond acceptors (Lipinski definition) is 6. The van der Waals surface area contributed by atoms with E-state index < -0.39 is 17.3 Å². The number of ether oxygens (including phenoxy) is 2. The largest absolute Gasteiger partial charge is 0.497 e. The maximum atomic E-state index is 10.2. The highest BCUT2D eigenvalue weighted by Crippen LogP contribution is 2.54. The number of nitriles is 3. The summed E-state index contributed by atoms with van der Waals surface area (Å²) in [4.78, 5) is 1.31. The molecule has 7 heteroatoms. The van der Waals surface area contributed by atoms with Crippen LogP contribution >= 0.6 is 0 Å². The zero-order chi connectivity index (χ0) is 22.1. The molecular formula is C23H26N5O2+. The van der Waals surface area contributed by atoms with Gasteiger partial charge in [-0.05, 0) is 43.7 Å². The minimum atomic E-state index is -1.76. The molecule has 7 nitrogen and oxygen atoms in total. The molecule has 30 heavy (non-hydrogen) atoms. The molecule has 1 aromatic rings. The van der Waals surface area contributed by atoms with E-state index in [0.29, 0.717) is 29.6 Å². The van der Waals surface area contributed by atoms with Crippen molar-refractivity contribution >= 4 is 5.71 Å². The molecule has 0 spiro atoms. The molecular weight excluding hydrogens is 378 g/mol. The number of fused-ring (bicyclic) bond motifs is 1. The summed E-state index contributed by atoms with van der Waals surface area (Å²) in [6.45, 7) is 5.68. The van der Waals surface area contributed by atoms with Gasteiger partial charge in [-0.15, -0.1) is 0 Å². The van der Waals surface area contributed by atoms with Gasteiger partial charge in [0.15, 0.2) is 5.41 Å². The predicted molar refractivity (Wildman–Crippen MR) is 110 cm³/mol. The molecule has 4 atom stereocenters. The summed E-state index contributed by atoms with van der Waals surface area (Å²) in [7, 11) is 3.10. The number of methoxy groups -OCH3 is 2. The summed E-state index contributed by atoms with van der Waals surface area (Å²) in [5.74, 6) is -0.630. The molecule has 2 N–H and O–H groups in total. The highest BCUT2D eigenvalue weighted by molar-refractivity contribution is 6.01. The lowest BCUT2D eigenvalue weighted by Crippen LogP contribution is -3.16.